The smallest absolute Gasteiger partial charge is 0.265 e. The van der Waals surface area contributed by atoms with Gasteiger partial charge in [-0.1, -0.05) is 35.6 Å². The van der Waals surface area contributed by atoms with Gasteiger partial charge in [0.1, 0.15) is 16.5 Å². The van der Waals surface area contributed by atoms with Crippen molar-refractivity contribution in [3.8, 4) is 0 Å². The molecule has 2 aliphatic rings. The molecule has 1 fully saturated rings. The largest absolute Gasteiger partial charge is 0.344 e. The lowest BCUT2D eigenvalue weighted by atomic mass is 9.77. The molecule has 2 heterocycles. The van der Waals surface area contributed by atoms with Crippen molar-refractivity contribution in [2.45, 2.75) is 32.2 Å². The molecule has 1 amide bonds. The second kappa shape index (κ2) is 9.34. The molecule has 180 valence electrons. The van der Waals surface area contributed by atoms with Crippen LogP contribution in [0.4, 0.5) is 13.9 Å². The summed E-state index contributed by atoms with van der Waals surface area (Å²) in [5.74, 6) is -0.551. The molecule has 0 radical (unpaired) electrons. The van der Waals surface area contributed by atoms with Gasteiger partial charge in [-0.05, 0) is 73.2 Å². The van der Waals surface area contributed by atoms with Gasteiger partial charge in [-0.15, -0.1) is 0 Å². The first-order valence-corrected chi connectivity index (χ1v) is 12.4. The van der Waals surface area contributed by atoms with Gasteiger partial charge in [0.15, 0.2) is 0 Å². The van der Waals surface area contributed by atoms with Crippen LogP contribution < -0.4 is 5.01 Å². The van der Waals surface area contributed by atoms with Crippen LogP contribution in [0.15, 0.2) is 59.2 Å². The van der Waals surface area contributed by atoms with Crippen molar-refractivity contribution in [3.63, 3.8) is 0 Å². The first kappa shape index (κ1) is 23.4. The number of rotatable bonds is 4. The average molecular weight is 493 g/mol. The van der Waals surface area contributed by atoms with E-state index in [0.717, 1.165) is 41.7 Å². The van der Waals surface area contributed by atoms with Gasteiger partial charge < -0.3 is 4.90 Å². The van der Waals surface area contributed by atoms with Crippen LogP contribution in [0.5, 0.6) is 0 Å². The molecule has 0 spiro atoms. The van der Waals surface area contributed by atoms with Crippen molar-refractivity contribution in [3.05, 3.63) is 87.4 Å². The Labute approximate surface area is 207 Å². The Morgan fingerprint density at radius 2 is 1.74 bits per heavy atom. The molecular weight excluding hydrogens is 466 g/mol. The fraction of sp³-hybridized carbons (Fsp3) is 0.296. The molecule has 2 aromatic carbocycles. The number of aryl methyl sites for hydroxylation is 1. The third-order valence-corrected chi connectivity index (χ3v) is 7.64. The summed E-state index contributed by atoms with van der Waals surface area (Å²) in [7, 11) is 3.44. The summed E-state index contributed by atoms with van der Waals surface area (Å²) < 4.78 is 27.2. The molecule has 1 aliphatic carbocycles. The third kappa shape index (κ3) is 4.50. The second-order valence-corrected chi connectivity index (χ2v) is 10.1. The van der Waals surface area contributed by atoms with Crippen molar-refractivity contribution in [1.82, 2.24) is 9.88 Å². The van der Waals surface area contributed by atoms with Crippen LogP contribution >= 0.6 is 11.3 Å². The number of carbonyl (C=O) groups excluding carboxylic acids is 1. The first-order chi connectivity index (χ1) is 16.8. The number of hydrogen-bond acceptors (Lipinski definition) is 5. The zero-order valence-corrected chi connectivity index (χ0v) is 20.6. The number of fused-ring (bicyclic) bond motifs is 1. The van der Waals surface area contributed by atoms with E-state index < -0.39 is 0 Å². The Morgan fingerprint density at radius 1 is 1.09 bits per heavy atom. The van der Waals surface area contributed by atoms with E-state index in [9.17, 15) is 13.6 Å². The standard InChI is InChI=1S/C27H26F2N4OS/c1-16-25(26(34)32(2)3)35-27(30-16)33-24(18-9-13-21(29)14-10-18)22-6-4-5-19(23(22)31-33)15-17-7-11-20(28)12-8-17/h7-15,22,24H,4-6H2,1-3H3/b19-15+/t22-,24-/m1/s1. The van der Waals surface area contributed by atoms with E-state index >= 15 is 0 Å². The van der Waals surface area contributed by atoms with Crippen LogP contribution in [0, 0.1) is 24.5 Å². The van der Waals surface area contributed by atoms with Crippen LogP contribution in [-0.4, -0.2) is 35.6 Å². The molecule has 1 aromatic heterocycles. The molecule has 0 saturated heterocycles. The highest BCUT2D eigenvalue weighted by Crippen LogP contribution is 2.47. The zero-order chi connectivity index (χ0) is 24.7. The van der Waals surface area contributed by atoms with Gasteiger partial charge in [-0.3, -0.25) is 4.79 Å². The third-order valence-electron chi connectivity index (χ3n) is 6.51. The number of benzene rings is 2. The lowest BCUT2D eigenvalue weighted by Crippen LogP contribution is -2.28. The summed E-state index contributed by atoms with van der Waals surface area (Å²) >= 11 is 1.33. The number of carbonyl (C=O) groups is 1. The summed E-state index contributed by atoms with van der Waals surface area (Å²) in [5, 5.41) is 7.60. The van der Waals surface area contributed by atoms with E-state index in [1.54, 1.807) is 43.3 Å². The lowest BCUT2D eigenvalue weighted by molar-refractivity contribution is 0.0831. The second-order valence-electron chi connectivity index (χ2n) is 9.16. The minimum atomic E-state index is -0.288. The highest BCUT2D eigenvalue weighted by atomic mass is 32.1. The summed E-state index contributed by atoms with van der Waals surface area (Å²) in [5.41, 5.74) is 4.62. The predicted octanol–water partition coefficient (Wildman–Crippen LogP) is 6.23. The van der Waals surface area contributed by atoms with Crippen molar-refractivity contribution in [2.24, 2.45) is 11.0 Å². The van der Waals surface area contributed by atoms with Crippen molar-refractivity contribution < 1.29 is 13.6 Å². The van der Waals surface area contributed by atoms with E-state index in [1.807, 2.05) is 11.9 Å². The summed E-state index contributed by atoms with van der Waals surface area (Å²) in [4.78, 5) is 19.5. The lowest BCUT2D eigenvalue weighted by Gasteiger charge is -2.29. The van der Waals surface area contributed by atoms with Gasteiger partial charge in [0, 0.05) is 20.0 Å². The van der Waals surface area contributed by atoms with Gasteiger partial charge in [0.05, 0.1) is 17.4 Å². The van der Waals surface area contributed by atoms with Crippen LogP contribution in [0.3, 0.4) is 0 Å². The maximum atomic E-state index is 13.7. The Balaban J connectivity index is 1.59. The molecule has 35 heavy (non-hydrogen) atoms. The van der Waals surface area contributed by atoms with Crippen molar-refractivity contribution in [2.75, 3.05) is 19.1 Å². The average Bonchev–Trinajstić information content (AvgIpc) is 3.42. The Kier molecular flexibility index (Phi) is 6.23. The monoisotopic (exact) mass is 492 g/mol. The Morgan fingerprint density at radius 3 is 2.40 bits per heavy atom. The highest BCUT2D eigenvalue weighted by Gasteiger charge is 2.43. The summed E-state index contributed by atoms with van der Waals surface area (Å²) in [6.45, 7) is 1.83. The van der Waals surface area contributed by atoms with E-state index in [2.05, 4.69) is 6.08 Å². The van der Waals surface area contributed by atoms with Gasteiger partial charge in [0.2, 0.25) is 5.13 Å². The molecule has 5 nitrogen and oxygen atoms in total. The molecule has 3 aromatic rings. The van der Waals surface area contributed by atoms with Crippen LogP contribution in [0.1, 0.15) is 51.8 Å². The normalized spacial score (nSPS) is 20.7. The Bertz CT molecular complexity index is 1310. The molecule has 1 saturated carbocycles. The number of amides is 1. The number of hydrogen-bond donors (Lipinski definition) is 0. The first-order valence-electron chi connectivity index (χ1n) is 11.6. The van der Waals surface area contributed by atoms with Crippen molar-refractivity contribution in [1.29, 1.82) is 0 Å². The molecule has 0 N–H and O–H groups in total. The topological polar surface area (TPSA) is 48.8 Å². The zero-order valence-electron chi connectivity index (χ0n) is 19.8. The van der Waals surface area contributed by atoms with Gasteiger partial charge in [0.25, 0.3) is 5.91 Å². The number of anilines is 1. The maximum absolute atomic E-state index is 13.7. The Hall–Kier alpha value is -3.39. The minimum absolute atomic E-state index is 0.0919. The van der Waals surface area contributed by atoms with Crippen LogP contribution in [-0.2, 0) is 0 Å². The number of nitrogens with zero attached hydrogens (tertiary/aromatic N) is 4. The van der Waals surface area contributed by atoms with Gasteiger partial charge in [-0.25, -0.2) is 18.8 Å². The molecular formula is C27H26F2N4OS. The minimum Gasteiger partial charge on any atom is -0.344 e. The number of hydrazone groups is 1. The summed E-state index contributed by atoms with van der Waals surface area (Å²) in [6, 6.07) is 12.8. The van der Waals surface area contributed by atoms with Crippen LogP contribution in [0.25, 0.3) is 6.08 Å². The highest BCUT2D eigenvalue weighted by molar-refractivity contribution is 7.17. The van der Waals surface area contributed by atoms with E-state index in [-0.39, 0.29) is 29.5 Å². The number of thiazole rings is 1. The molecule has 5 rings (SSSR count). The fourth-order valence-corrected chi connectivity index (χ4v) is 5.87. The quantitative estimate of drug-likeness (QED) is 0.434. The van der Waals surface area contributed by atoms with Gasteiger partial charge in [-0.2, -0.15) is 5.10 Å². The maximum Gasteiger partial charge on any atom is 0.265 e. The van der Waals surface area contributed by atoms with E-state index in [1.165, 1.54) is 35.6 Å². The molecule has 1 aliphatic heterocycles. The predicted molar refractivity (Wildman–Crippen MR) is 136 cm³/mol. The van der Waals surface area contributed by atoms with Crippen LogP contribution in [0.2, 0.25) is 0 Å². The van der Waals surface area contributed by atoms with Crippen molar-refractivity contribution >= 4 is 34.2 Å². The SMILES string of the molecule is Cc1nc(N2N=C3/C(=C/c4ccc(F)cc4)CCC[C@H]3[C@H]2c2ccc(F)cc2)sc1C(=O)N(C)C. The molecule has 2 atom stereocenters. The van der Waals surface area contributed by atoms with E-state index in [4.69, 9.17) is 10.1 Å². The molecule has 0 unspecified atom stereocenters. The van der Waals surface area contributed by atoms with Gasteiger partial charge >= 0.3 is 0 Å². The number of halogens is 2. The fourth-order valence-electron chi connectivity index (χ4n) is 4.79. The van der Waals surface area contributed by atoms with E-state index in [0.29, 0.717) is 15.7 Å². The number of allylic oxidation sites excluding steroid dienone is 1. The molecule has 8 heteroatoms. The summed E-state index contributed by atoms with van der Waals surface area (Å²) in [6.07, 6.45) is 4.87. The number of aromatic nitrogens is 1. The molecule has 0 bridgehead atoms.